The summed E-state index contributed by atoms with van der Waals surface area (Å²) in [5.41, 5.74) is 4.42. The fourth-order valence-electron chi connectivity index (χ4n) is 0.114. The molecule has 0 aliphatic rings. The van der Waals surface area contributed by atoms with E-state index in [1.165, 1.54) is 0 Å². The average molecular weight is 219 g/mol. The minimum Gasteiger partial charge on any atom is -0.350 e. The van der Waals surface area contributed by atoms with Crippen LogP contribution < -0.4 is 5.73 Å². The van der Waals surface area contributed by atoms with Gasteiger partial charge in [-0.3, -0.25) is 4.55 Å². The molecule has 9 heavy (non-hydrogen) atoms. The number of nitrogens with zero attached hydrogens (tertiary/aromatic N) is 1. The van der Waals surface area contributed by atoms with Crippen LogP contribution in [-0.4, -0.2) is 22.3 Å². The minimum atomic E-state index is -4.53. The van der Waals surface area contributed by atoms with Gasteiger partial charge in [0.15, 0.2) is 0 Å². The molecule has 0 aliphatic heterocycles. The van der Waals surface area contributed by atoms with Gasteiger partial charge in [-0.25, -0.2) is 4.79 Å². The molecule has 0 aromatic heterocycles. The van der Waals surface area contributed by atoms with Crippen LogP contribution in [0, 0.1) is 0 Å². The number of rotatable bonds is 1. The molecule has 0 aliphatic carbocycles. The van der Waals surface area contributed by atoms with Crippen LogP contribution in [0.2, 0.25) is 0 Å². The van der Waals surface area contributed by atoms with E-state index in [9.17, 15) is 13.2 Å². The van der Waals surface area contributed by atoms with Gasteiger partial charge in [-0.2, -0.15) is 8.42 Å². The van der Waals surface area contributed by atoms with Crippen LogP contribution in [0.25, 0.3) is 0 Å². The van der Waals surface area contributed by atoms with E-state index in [0.29, 0.717) is 0 Å². The van der Waals surface area contributed by atoms with Crippen LogP contribution in [0.1, 0.15) is 0 Å². The SMILES string of the molecule is NC(=O)N(Br)S(=O)(=O)O. The van der Waals surface area contributed by atoms with Crippen LogP contribution in [0.3, 0.4) is 0 Å². The molecule has 2 amide bonds. The molecule has 0 aromatic rings. The number of nitrogens with two attached hydrogens (primary N) is 1. The molecule has 0 saturated heterocycles. The van der Waals surface area contributed by atoms with E-state index in [4.69, 9.17) is 4.55 Å². The first-order valence-corrected chi connectivity index (χ1v) is 3.69. The number of hydrogen-bond donors (Lipinski definition) is 2. The molecular formula is CH3BrN2O4S. The summed E-state index contributed by atoms with van der Waals surface area (Å²) in [4.78, 5) is 9.91. The predicted molar refractivity (Wildman–Crippen MR) is 31.9 cm³/mol. The lowest BCUT2D eigenvalue weighted by Gasteiger charge is -2.03. The van der Waals surface area contributed by atoms with Gasteiger partial charge in [-0.1, -0.05) is 0 Å². The Hall–Kier alpha value is -0.340. The standard InChI is InChI=1S/CH3BrN2O4S/c2-4(1(3)5)9(6,7)8/h(H2,3,5)(H,6,7,8). The number of carbonyl (C=O) groups excluding carboxylic acids is 1. The zero-order chi connectivity index (χ0) is 7.65. The number of carbonyl (C=O) groups is 1. The third-order valence-corrected chi connectivity index (χ3v) is 2.41. The van der Waals surface area contributed by atoms with Crippen LogP contribution in [0.4, 0.5) is 4.79 Å². The molecule has 0 heterocycles. The number of halogens is 1. The molecule has 6 nitrogen and oxygen atoms in total. The zero-order valence-corrected chi connectivity index (χ0v) is 6.39. The van der Waals surface area contributed by atoms with Crippen molar-refractivity contribution in [2.24, 2.45) is 5.73 Å². The van der Waals surface area contributed by atoms with E-state index in [1.807, 2.05) is 0 Å². The molecule has 0 unspecified atom stereocenters. The zero-order valence-electron chi connectivity index (χ0n) is 3.98. The van der Waals surface area contributed by atoms with Crippen molar-refractivity contribution in [3.05, 3.63) is 0 Å². The van der Waals surface area contributed by atoms with Crippen molar-refractivity contribution in [1.29, 1.82) is 0 Å². The molecule has 8 heteroatoms. The van der Waals surface area contributed by atoms with Crippen molar-refractivity contribution >= 4 is 32.5 Å². The second-order valence-electron chi connectivity index (χ2n) is 1.03. The van der Waals surface area contributed by atoms with Gasteiger partial charge in [0, 0.05) is 0 Å². The topological polar surface area (TPSA) is 101 Å². The highest BCUT2D eigenvalue weighted by Gasteiger charge is 2.18. The smallest absolute Gasteiger partial charge is 0.350 e. The maximum atomic E-state index is 9.91. The number of hydrogen-bond acceptors (Lipinski definition) is 3. The summed E-state index contributed by atoms with van der Waals surface area (Å²) in [5, 5.41) is 0. The van der Waals surface area contributed by atoms with Crippen LogP contribution in [0.5, 0.6) is 0 Å². The lowest BCUT2D eigenvalue weighted by Crippen LogP contribution is -2.31. The molecule has 0 radical (unpaired) electrons. The summed E-state index contributed by atoms with van der Waals surface area (Å²) in [6, 6.07) is -1.31. The lowest BCUT2D eigenvalue weighted by molar-refractivity contribution is 0.244. The van der Waals surface area contributed by atoms with E-state index in [1.54, 1.807) is 0 Å². The third-order valence-electron chi connectivity index (χ3n) is 0.376. The molecule has 0 rings (SSSR count). The Morgan fingerprint density at radius 1 is 1.67 bits per heavy atom. The van der Waals surface area contributed by atoms with Crippen molar-refractivity contribution < 1.29 is 17.8 Å². The Morgan fingerprint density at radius 3 is 2.00 bits per heavy atom. The molecule has 0 fully saturated rings. The molecule has 0 aromatic carbocycles. The van der Waals surface area contributed by atoms with E-state index >= 15 is 0 Å². The van der Waals surface area contributed by atoms with E-state index in [-0.39, 0.29) is 3.33 Å². The normalized spacial score (nSPS) is 10.9. The lowest BCUT2D eigenvalue weighted by atomic mass is 11.2. The van der Waals surface area contributed by atoms with Crippen molar-refractivity contribution in [2.75, 3.05) is 0 Å². The molecule has 0 saturated carbocycles. The summed E-state index contributed by atoms with van der Waals surface area (Å²) in [7, 11) is -4.53. The highest BCUT2D eigenvalue weighted by molar-refractivity contribution is 9.09. The predicted octanol–water partition coefficient (Wildman–Crippen LogP) is -0.520. The number of urea groups is 1. The van der Waals surface area contributed by atoms with Gasteiger partial charge >= 0.3 is 16.3 Å². The molecule has 3 N–H and O–H groups in total. The fraction of sp³-hybridized carbons (Fsp3) is 0. The highest BCUT2D eigenvalue weighted by atomic mass is 79.9. The van der Waals surface area contributed by atoms with Gasteiger partial charge in [-0.15, -0.1) is 3.33 Å². The van der Waals surface area contributed by atoms with Gasteiger partial charge in [-0.05, 0) is 0 Å². The van der Waals surface area contributed by atoms with Gasteiger partial charge in [0.25, 0.3) is 0 Å². The van der Waals surface area contributed by atoms with Gasteiger partial charge < -0.3 is 5.73 Å². The first kappa shape index (κ1) is 8.66. The van der Waals surface area contributed by atoms with Crippen molar-refractivity contribution in [1.82, 2.24) is 3.33 Å². The second kappa shape index (κ2) is 2.50. The summed E-state index contributed by atoms with van der Waals surface area (Å²) in [6.45, 7) is 0. The van der Waals surface area contributed by atoms with Crippen LogP contribution >= 0.6 is 16.1 Å². The van der Waals surface area contributed by atoms with E-state index in [2.05, 4.69) is 21.9 Å². The third kappa shape index (κ3) is 2.63. The summed E-state index contributed by atoms with van der Waals surface area (Å²) >= 11 is 2.18. The molecular weight excluding hydrogens is 216 g/mol. The van der Waals surface area contributed by atoms with Crippen molar-refractivity contribution in [2.45, 2.75) is 0 Å². The summed E-state index contributed by atoms with van der Waals surface area (Å²) < 4.78 is 27.7. The van der Waals surface area contributed by atoms with Crippen molar-refractivity contribution in [3.63, 3.8) is 0 Å². The monoisotopic (exact) mass is 218 g/mol. The Labute approximate surface area is 59.8 Å². The maximum Gasteiger partial charge on any atom is 0.373 e. The Balaban J connectivity index is 4.43. The Bertz CT molecular complexity index is 209. The average Bonchev–Trinajstić information content (AvgIpc) is 1.62. The fourth-order valence-corrected chi connectivity index (χ4v) is 0.341. The van der Waals surface area contributed by atoms with Gasteiger partial charge in [0.05, 0.1) is 16.1 Å². The Morgan fingerprint density at radius 2 is 2.00 bits per heavy atom. The number of primary amides is 1. The van der Waals surface area contributed by atoms with E-state index in [0.717, 1.165) is 0 Å². The molecule has 0 bridgehead atoms. The first-order valence-electron chi connectivity index (χ1n) is 1.58. The van der Waals surface area contributed by atoms with E-state index < -0.39 is 16.3 Å². The summed E-state index contributed by atoms with van der Waals surface area (Å²) in [6.07, 6.45) is 0. The first-order chi connectivity index (χ1) is 3.85. The largest absolute Gasteiger partial charge is 0.373 e. The number of amides is 2. The minimum absolute atomic E-state index is 0.167. The van der Waals surface area contributed by atoms with Gasteiger partial charge in [0.1, 0.15) is 0 Å². The molecule has 0 spiro atoms. The molecule has 0 atom stereocenters. The Kier molecular flexibility index (Phi) is 2.40. The molecule has 54 valence electrons. The van der Waals surface area contributed by atoms with Crippen molar-refractivity contribution in [3.8, 4) is 0 Å². The van der Waals surface area contributed by atoms with Crippen LogP contribution in [0.15, 0.2) is 0 Å². The highest BCUT2D eigenvalue weighted by Crippen LogP contribution is 2.02. The van der Waals surface area contributed by atoms with Crippen LogP contribution in [-0.2, 0) is 10.3 Å². The summed E-state index contributed by atoms with van der Waals surface area (Å²) in [5.74, 6) is 0. The van der Waals surface area contributed by atoms with Gasteiger partial charge in [0.2, 0.25) is 0 Å². The second-order valence-corrected chi connectivity index (χ2v) is 3.47. The quantitative estimate of drug-likeness (QED) is 0.457. The maximum absolute atomic E-state index is 9.91.